The first-order valence-electron chi connectivity index (χ1n) is 31.6. The summed E-state index contributed by atoms with van der Waals surface area (Å²) in [5.74, 6) is 10.8. The van der Waals surface area contributed by atoms with Crippen LogP contribution >= 0.6 is 62.1 Å². The number of pyridine rings is 2. The van der Waals surface area contributed by atoms with Crippen LogP contribution in [0.5, 0.6) is 28.7 Å². The number of aryl methyl sites for hydroxylation is 5. The molecule has 6 heterocycles. The molecule has 31 nitrogen and oxygen atoms in total. The van der Waals surface area contributed by atoms with E-state index in [9.17, 15) is 9.36 Å². The van der Waals surface area contributed by atoms with Crippen molar-refractivity contribution < 1.29 is 95.7 Å². The summed E-state index contributed by atoms with van der Waals surface area (Å²) < 4.78 is 42.3. The number of carbonyl (C=O) groups is 1. The first-order valence-corrected chi connectivity index (χ1v) is 36.8. The quantitative estimate of drug-likeness (QED) is 0.0302. The number of aromatic nitrogens is 10. The van der Waals surface area contributed by atoms with Gasteiger partial charge in [0.05, 0.1) is 114 Å². The number of benzene rings is 5. The van der Waals surface area contributed by atoms with Gasteiger partial charge in [0.2, 0.25) is 0 Å². The predicted octanol–water partition coefficient (Wildman–Crippen LogP) is 12.8. The summed E-state index contributed by atoms with van der Waals surface area (Å²) in [5.41, 5.74) is 20.6. The van der Waals surface area contributed by atoms with Crippen LogP contribution in [0, 0.1) is 39.0 Å². The molecular formula is C74H84Cl5LiN15O16P. The minimum atomic E-state index is -3.22. The first kappa shape index (κ1) is 105. The average molecular weight is 1650 g/mol. The number of ketones is 1. The molecule has 0 fully saturated rings. The molecule has 5 aromatic carbocycles. The number of nitrogen functional groups attached to an aromatic ring is 2. The fraction of sp³-hybridized carbons (Fsp3) is 0.243. The third-order valence-electron chi connectivity index (χ3n) is 13.8. The normalized spacial score (nSPS) is 9.20. The topological polar surface area (TPSA) is 444 Å². The number of fused-ring (bicyclic) bond motifs is 2. The van der Waals surface area contributed by atoms with Gasteiger partial charge < -0.3 is 45.6 Å². The van der Waals surface area contributed by atoms with Crippen molar-refractivity contribution in [2.45, 2.75) is 88.5 Å². The van der Waals surface area contributed by atoms with Crippen molar-refractivity contribution in [3.05, 3.63) is 202 Å². The van der Waals surface area contributed by atoms with Crippen molar-refractivity contribution in [3.8, 4) is 57.6 Å². The summed E-state index contributed by atoms with van der Waals surface area (Å²) in [6, 6.07) is 45.6. The van der Waals surface area contributed by atoms with Crippen LogP contribution in [0.25, 0.3) is 44.8 Å². The van der Waals surface area contributed by atoms with E-state index in [0.717, 1.165) is 138 Å². The summed E-state index contributed by atoms with van der Waals surface area (Å²) in [6.45, 7) is 15.6. The third-order valence-corrected chi connectivity index (χ3v) is 14.6. The van der Waals surface area contributed by atoms with Crippen LogP contribution in [0.4, 0.5) is 17.3 Å². The van der Waals surface area contributed by atoms with Gasteiger partial charge in [-0.1, -0.05) is 57.0 Å². The molecule has 0 bridgehead atoms. The fourth-order valence-corrected chi connectivity index (χ4v) is 9.55. The molecule has 7 N–H and O–H groups in total. The molecule has 11 aromatic rings. The van der Waals surface area contributed by atoms with Crippen molar-refractivity contribution in [2.75, 3.05) is 52.0 Å². The van der Waals surface area contributed by atoms with Gasteiger partial charge in [-0.05, 0) is 221 Å². The second-order valence-corrected chi connectivity index (χ2v) is 28.4. The van der Waals surface area contributed by atoms with Crippen LogP contribution < -0.4 is 64.9 Å². The van der Waals surface area contributed by atoms with Gasteiger partial charge in [-0.3, -0.25) is 15.2 Å². The maximum absolute atomic E-state index is 9.82. The molecule has 0 aliphatic heterocycles. The first-order chi connectivity index (χ1) is 52.0. The number of carbonyl (C=O) groups excluding carboxylic acids is 9. The third kappa shape index (κ3) is 37.0. The minimum absolute atomic E-state index is 0. The number of nitrogens with two attached hydrogens (primary N) is 2. The Hall–Kier alpha value is -11.2. The molecule has 6 aromatic heterocycles. The van der Waals surface area contributed by atoms with Crippen LogP contribution in [0.1, 0.15) is 82.7 Å². The van der Waals surface area contributed by atoms with E-state index >= 15 is 0 Å². The zero-order chi connectivity index (χ0) is 82.2. The number of nitriles is 1. The van der Waals surface area contributed by atoms with Crippen molar-refractivity contribution in [1.82, 2.24) is 49.1 Å². The number of hydrazine groups is 1. The number of methoxy groups -OCH3 is 5. The van der Waals surface area contributed by atoms with Crippen molar-refractivity contribution >= 4 is 132 Å². The van der Waals surface area contributed by atoms with Crippen molar-refractivity contribution in [3.63, 3.8) is 0 Å². The minimum Gasteiger partial charge on any atom is -0.870 e. The maximum Gasteiger partial charge on any atom is 1.00 e. The average Bonchev–Trinajstić information content (AvgIpc) is 1.59. The molecule has 11 rings (SSSR count). The van der Waals surface area contributed by atoms with Gasteiger partial charge in [0, 0.05) is 36.4 Å². The Balaban J connectivity index is -0.00000124. The van der Waals surface area contributed by atoms with E-state index < -0.39 is 5.20 Å². The van der Waals surface area contributed by atoms with E-state index in [1.807, 2.05) is 177 Å². The molecule has 0 saturated carbocycles. The standard InChI is InChI=1S/C17H23N3O.C16H16ClN3O.C14H12ClN3O.C11H13N3O.C7H10N2O.C4H5NO.4CO2.CH4.Cl3OP.Li.H2O/c1-5-14(6-2)12-18-17-11-13(3)19-20(17)15-7-9-16(21-4)10-8-15;1-4-11-9-18-16-14(15(11)17)10(2)19-20(16)12-5-7-13(21-3)8-6-12;1-9-13-12(15)7-8-16-14(13)18(17-9)10-3-5-11(19-2)6-4-10;1-8-7-11(12)14(13-8)9-3-5-10(15-2)6-4-9;1-10-7-4-2-6(9-8)3-5-7;1-4(6)2-3-5;4*2-1-3;;1-5(2,3)4;;/h7-12,18H,5-6H2,1-4H3;5-9H,4H2,1-3H3;3-8H,1-2H3;3-7H,12H2,1-2H3;2-5,9H,8H2,1H3;2H2,1H3;;;;;1H4;;;1H2/q;;;;;;;;;;;;+1;/p-1. The second kappa shape index (κ2) is 57.8. The number of allylic oxidation sites excluding steroid dienone is 1. The van der Waals surface area contributed by atoms with Crippen molar-refractivity contribution in [2.24, 2.45) is 5.84 Å². The summed E-state index contributed by atoms with van der Waals surface area (Å²) >= 11 is 26.5. The van der Waals surface area contributed by atoms with Gasteiger partial charge in [-0.25, -0.2) is 28.7 Å². The molecule has 0 unspecified atom stereocenters. The van der Waals surface area contributed by atoms with Gasteiger partial charge in [0.15, 0.2) is 11.3 Å². The molecule has 38 heteroatoms. The Morgan fingerprint density at radius 3 is 1.21 bits per heavy atom. The maximum atomic E-state index is 9.82. The summed E-state index contributed by atoms with van der Waals surface area (Å²) in [7, 11) is 8.23. The molecule has 0 aliphatic rings. The predicted molar refractivity (Wildman–Crippen MR) is 422 cm³/mol. The van der Waals surface area contributed by atoms with Crippen LogP contribution in [-0.4, -0.2) is 121 Å². The van der Waals surface area contributed by atoms with Crippen LogP contribution in [0.15, 0.2) is 164 Å². The molecule has 0 atom stereocenters. The molecule has 0 saturated heterocycles. The van der Waals surface area contributed by atoms with Gasteiger partial charge in [-0.15, -0.1) is 0 Å². The van der Waals surface area contributed by atoms with E-state index in [1.165, 1.54) is 12.5 Å². The number of halogens is 5. The van der Waals surface area contributed by atoms with Crippen LogP contribution in [0.2, 0.25) is 10.0 Å². The summed E-state index contributed by atoms with van der Waals surface area (Å²) in [4.78, 5) is 83.7. The Morgan fingerprint density at radius 1 is 0.554 bits per heavy atom. The summed E-state index contributed by atoms with van der Waals surface area (Å²) in [5, 5.41) is 29.1. The Labute approximate surface area is 683 Å². The molecule has 0 aliphatic carbocycles. The largest absolute Gasteiger partial charge is 1.00 e. The molecule has 592 valence electrons. The Morgan fingerprint density at radius 2 is 0.893 bits per heavy atom. The summed E-state index contributed by atoms with van der Waals surface area (Å²) in [6.07, 6.45) is 9.60. The molecule has 0 spiro atoms. The number of nitrogens with one attached hydrogen (secondary N) is 2. The van der Waals surface area contributed by atoms with Crippen molar-refractivity contribution in [1.29, 1.82) is 5.26 Å². The number of hydrogen-bond acceptors (Lipinski definition) is 27. The number of anilines is 3. The molecule has 112 heavy (non-hydrogen) atoms. The number of rotatable bonds is 16. The van der Waals surface area contributed by atoms with E-state index in [2.05, 4.69) is 102 Å². The van der Waals surface area contributed by atoms with Gasteiger partial charge in [0.1, 0.15) is 46.2 Å². The number of Topliss-reactive ketones (excluding diaryl/α,β-unsaturated/α-hetero) is 1. The second-order valence-electron chi connectivity index (χ2n) is 20.9. The smallest absolute Gasteiger partial charge is 0.870 e. The van der Waals surface area contributed by atoms with Gasteiger partial charge >= 0.3 is 48.7 Å². The van der Waals surface area contributed by atoms with E-state index in [-0.39, 0.29) is 68.6 Å². The van der Waals surface area contributed by atoms with E-state index in [1.54, 1.807) is 63.2 Å². The Kier molecular flexibility index (Phi) is 54.2. The monoisotopic (exact) mass is 1650 g/mol. The van der Waals surface area contributed by atoms with Crippen LogP contribution in [0.3, 0.4) is 0 Å². The van der Waals surface area contributed by atoms with Gasteiger partial charge in [0.25, 0.3) is 0 Å². The zero-order valence-electron chi connectivity index (χ0n) is 62.8. The number of ether oxygens (including phenoxy) is 5. The molecule has 0 amide bonds. The fourth-order valence-electron chi connectivity index (χ4n) is 8.87. The van der Waals surface area contributed by atoms with E-state index in [0.29, 0.717) is 10.8 Å². The Bertz CT molecular complexity index is 4780. The molecular weight excluding hydrogens is 1570 g/mol. The SMILES string of the molecule is C.CC(=O)CC#N.CCC(=CNc1cc(C)nn1-c1ccc(OC)cc1)CC.CCc1cnc2c(c(C)nn2-c2ccc(OC)cc2)c1Cl.COc1ccc(-n2nc(C)c3c(Cl)ccnc32)cc1.COc1ccc(-n2nc(C)cc2N)cc1.COc1ccc(NN)cc1.O=C=O.O=C=O.O=C=O.O=C=O.O=P(Cl)(Cl)Cl.[Li+].[OH-]. The number of hydrogen-bond donors (Lipinski definition) is 4. The molecule has 0 radical (unpaired) electrons. The van der Waals surface area contributed by atoms with E-state index in [4.69, 9.17) is 102 Å². The van der Waals surface area contributed by atoms with Crippen LogP contribution in [-0.2, 0) is 54.1 Å². The number of nitrogens with zero attached hydrogens (tertiary/aromatic N) is 11. The van der Waals surface area contributed by atoms with Gasteiger partial charge in [-0.2, -0.15) is 64.0 Å². The zero-order valence-corrected chi connectivity index (χ0v) is 67.5.